The fourth-order valence-corrected chi connectivity index (χ4v) is 3.08. The Kier molecular flexibility index (Phi) is 7.09. The molecule has 0 bridgehead atoms. The molecule has 0 aromatic heterocycles. The van der Waals surface area contributed by atoms with Crippen molar-refractivity contribution < 1.29 is 27.3 Å². The minimum absolute atomic E-state index is 0.0810. The van der Waals surface area contributed by atoms with E-state index in [1.165, 1.54) is 0 Å². The van der Waals surface area contributed by atoms with Crippen molar-refractivity contribution in [3.05, 3.63) is 60.2 Å². The molecule has 0 heterocycles. The summed E-state index contributed by atoms with van der Waals surface area (Å²) in [6.07, 6.45) is -0.295. The SMILES string of the molecule is CCOC(=O)[C@H](CCS(=O)(=O)O)NC(=O)c1ccccc1-c1ccccc1. The molecule has 2 N–H and O–H groups in total. The molecular formula is C19H21NO6S. The van der Waals surface area contributed by atoms with Crippen LogP contribution in [0.3, 0.4) is 0 Å². The molecule has 0 unspecified atom stereocenters. The van der Waals surface area contributed by atoms with Crippen molar-refractivity contribution in [2.24, 2.45) is 0 Å². The Hall–Kier alpha value is -2.71. The Morgan fingerprint density at radius 3 is 2.33 bits per heavy atom. The first-order valence-corrected chi connectivity index (χ1v) is 10.00. The maximum absolute atomic E-state index is 12.8. The number of rotatable bonds is 8. The van der Waals surface area contributed by atoms with Gasteiger partial charge < -0.3 is 10.1 Å². The first kappa shape index (κ1) is 20.6. The van der Waals surface area contributed by atoms with Crippen LogP contribution in [0.2, 0.25) is 0 Å². The van der Waals surface area contributed by atoms with Gasteiger partial charge in [-0.2, -0.15) is 8.42 Å². The van der Waals surface area contributed by atoms with Crippen molar-refractivity contribution in [2.45, 2.75) is 19.4 Å². The number of ether oxygens (including phenoxy) is 1. The zero-order valence-electron chi connectivity index (χ0n) is 14.8. The molecule has 0 aliphatic heterocycles. The summed E-state index contributed by atoms with van der Waals surface area (Å²) in [5.74, 6) is -1.97. The molecule has 1 amide bonds. The van der Waals surface area contributed by atoms with Gasteiger partial charge in [-0.25, -0.2) is 4.79 Å². The second-order valence-electron chi connectivity index (χ2n) is 5.76. The number of benzene rings is 2. The minimum atomic E-state index is -4.28. The van der Waals surface area contributed by atoms with Crippen LogP contribution < -0.4 is 5.32 Å². The van der Waals surface area contributed by atoms with E-state index in [9.17, 15) is 18.0 Å². The van der Waals surface area contributed by atoms with Gasteiger partial charge in [-0.3, -0.25) is 9.35 Å². The van der Waals surface area contributed by atoms with Gasteiger partial charge in [0.15, 0.2) is 0 Å². The average Bonchev–Trinajstić information content (AvgIpc) is 2.65. The highest BCUT2D eigenvalue weighted by Gasteiger charge is 2.25. The fraction of sp³-hybridized carbons (Fsp3) is 0.263. The molecule has 8 heteroatoms. The lowest BCUT2D eigenvalue weighted by Crippen LogP contribution is -2.43. The number of carbonyl (C=O) groups excluding carboxylic acids is 2. The monoisotopic (exact) mass is 391 g/mol. The number of nitrogens with one attached hydrogen (secondary N) is 1. The molecule has 2 rings (SSSR count). The summed E-state index contributed by atoms with van der Waals surface area (Å²) in [5, 5.41) is 2.51. The van der Waals surface area contributed by atoms with Crippen LogP contribution in [0.4, 0.5) is 0 Å². The van der Waals surface area contributed by atoms with E-state index in [-0.39, 0.29) is 13.0 Å². The first-order valence-electron chi connectivity index (χ1n) is 8.39. The molecule has 144 valence electrons. The fourth-order valence-electron chi connectivity index (χ4n) is 2.55. The van der Waals surface area contributed by atoms with Crippen LogP contribution in [-0.4, -0.2) is 43.2 Å². The molecular weight excluding hydrogens is 370 g/mol. The number of hydrogen-bond acceptors (Lipinski definition) is 5. The summed E-state index contributed by atoms with van der Waals surface area (Å²) >= 11 is 0. The van der Waals surface area contributed by atoms with Crippen molar-refractivity contribution in [1.29, 1.82) is 0 Å². The van der Waals surface area contributed by atoms with Gasteiger partial charge in [0.1, 0.15) is 6.04 Å². The van der Waals surface area contributed by atoms with E-state index >= 15 is 0 Å². The maximum Gasteiger partial charge on any atom is 0.328 e. The summed E-state index contributed by atoms with van der Waals surface area (Å²) in [7, 11) is -4.28. The summed E-state index contributed by atoms with van der Waals surface area (Å²) in [4.78, 5) is 24.8. The molecule has 0 saturated carbocycles. The van der Waals surface area contributed by atoms with Gasteiger partial charge in [-0.05, 0) is 30.5 Å². The van der Waals surface area contributed by atoms with Crippen molar-refractivity contribution in [3.63, 3.8) is 0 Å². The van der Waals surface area contributed by atoms with Gasteiger partial charge in [-0.15, -0.1) is 0 Å². The third-order valence-electron chi connectivity index (χ3n) is 3.80. The van der Waals surface area contributed by atoms with Crippen LogP contribution in [0.1, 0.15) is 23.7 Å². The highest BCUT2D eigenvalue weighted by Crippen LogP contribution is 2.23. The predicted octanol–water partition coefficient (Wildman–Crippen LogP) is 2.29. The Labute approximate surface area is 158 Å². The lowest BCUT2D eigenvalue weighted by atomic mass is 9.99. The van der Waals surface area contributed by atoms with Crippen LogP contribution in [0, 0.1) is 0 Å². The van der Waals surface area contributed by atoms with E-state index in [1.54, 1.807) is 31.2 Å². The lowest BCUT2D eigenvalue weighted by Gasteiger charge is -2.18. The number of hydrogen-bond donors (Lipinski definition) is 2. The smallest absolute Gasteiger partial charge is 0.328 e. The summed E-state index contributed by atoms with van der Waals surface area (Å²) < 4.78 is 35.8. The minimum Gasteiger partial charge on any atom is -0.464 e. The van der Waals surface area contributed by atoms with E-state index in [4.69, 9.17) is 9.29 Å². The van der Waals surface area contributed by atoms with Crippen molar-refractivity contribution in [2.75, 3.05) is 12.4 Å². The van der Waals surface area contributed by atoms with Gasteiger partial charge in [0.25, 0.3) is 16.0 Å². The lowest BCUT2D eigenvalue weighted by molar-refractivity contribution is -0.145. The molecule has 1 atom stereocenters. The molecule has 0 saturated heterocycles. The van der Waals surface area contributed by atoms with Crippen LogP contribution >= 0.6 is 0 Å². The van der Waals surface area contributed by atoms with Crippen LogP contribution in [0.25, 0.3) is 11.1 Å². The van der Waals surface area contributed by atoms with Gasteiger partial charge in [0.2, 0.25) is 0 Å². The predicted molar refractivity (Wildman–Crippen MR) is 101 cm³/mol. The second kappa shape index (κ2) is 9.29. The third-order valence-corrected chi connectivity index (χ3v) is 4.55. The third kappa shape index (κ3) is 6.19. The van der Waals surface area contributed by atoms with Crippen molar-refractivity contribution >= 4 is 22.0 Å². The Bertz CT molecular complexity index is 895. The Morgan fingerprint density at radius 1 is 1.07 bits per heavy atom. The Balaban J connectivity index is 2.26. The molecule has 0 radical (unpaired) electrons. The van der Waals surface area contributed by atoms with Crippen LogP contribution in [-0.2, 0) is 19.6 Å². The molecule has 2 aromatic carbocycles. The number of carbonyl (C=O) groups is 2. The summed E-state index contributed by atoms with van der Waals surface area (Å²) in [6, 6.07) is 14.9. The van der Waals surface area contributed by atoms with Gasteiger partial charge >= 0.3 is 5.97 Å². The van der Waals surface area contributed by atoms with Gasteiger partial charge in [0, 0.05) is 5.56 Å². The zero-order valence-corrected chi connectivity index (χ0v) is 15.6. The molecule has 0 fully saturated rings. The standard InChI is InChI=1S/C19H21NO6S/c1-2-26-19(22)17(12-13-27(23,24)25)20-18(21)16-11-7-6-10-15(16)14-8-4-3-5-9-14/h3-11,17H,2,12-13H2,1H3,(H,20,21)(H,23,24,25)/t17-/m0/s1. The van der Waals surface area contributed by atoms with Crippen LogP contribution in [0.5, 0.6) is 0 Å². The molecule has 0 aliphatic carbocycles. The second-order valence-corrected chi connectivity index (χ2v) is 7.34. The van der Waals surface area contributed by atoms with E-state index in [2.05, 4.69) is 5.32 Å². The summed E-state index contributed by atoms with van der Waals surface area (Å²) in [5.41, 5.74) is 1.84. The van der Waals surface area contributed by atoms with E-state index in [0.29, 0.717) is 11.1 Å². The number of esters is 1. The van der Waals surface area contributed by atoms with E-state index in [1.807, 2.05) is 30.3 Å². The molecule has 27 heavy (non-hydrogen) atoms. The molecule has 0 aliphatic rings. The van der Waals surface area contributed by atoms with E-state index < -0.39 is 33.8 Å². The van der Waals surface area contributed by atoms with Gasteiger partial charge in [0.05, 0.1) is 12.4 Å². The van der Waals surface area contributed by atoms with E-state index in [0.717, 1.165) is 5.56 Å². The number of amides is 1. The average molecular weight is 391 g/mol. The largest absolute Gasteiger partial charge is 0.464 e. The molecule has 7 nitrogen and oxygen atoms in total. The molecule has 0 spiro atoms. The first-order chi connectivity index (χ1) is 12.8. The molecule has 2 aromatic rings. The van der Waals surface area contributed by atoms with Crippen molar-refractivity contribution in [3.8, 4) is 11.1 Å². The van der Waals surface area contributed by atoms with Crippen LogP contribution in [0.15, 0.2) is 54.6 Å². The highest BCUT2D eigenvalue weighted by atomic mass is 32.2. The van der Waals surface area contributed by atoms with Gasteiger partial charge in [-0.1, -0.05) is 48.5 Å². The normalized spacial score (nSPS) is 12.2. The quantitative estimate of drug-likeness (QED) is 0.528. The zero-order chi connectivity index (χ0) is 19.9. The maximum atomic E-state index is 12.8. The Morgan fingerprint density at radius 2 is 1.70 bits per heavy atom. The topological polar surface area (TPSA) is 110 Å². The van der Waals surface area contributed by atoms with Crippen molar-refractivity contribution in [1.82, 2.24) is 5.32 Å². The highest BCUT2D eigenvalue weighted by molar-refractivity contribution is 7.85. The summed E-state index contributed by atoms with van der Waals surface area (Å²) in [6.45, 7) is 1.68.